The number of ether oxygens (including phenoxy) is 1. The van der Waals surface area contributed by atoms with Crippen molar-refractivity contribution in [1.82, 2.24) is 0 Å². The maximum absolute atomic E-state index is 12.9. The Morgan fingerprint density at radius 1 is 1.45 bits per heavy atom. The summed E-state index contributed by atoms with van der Waals surface area (Å²) in [6.07, 6.45) is -5.00. The Morgan fingerprint density at radius 2 is 2.10 bits per heavy atom. The maximum Gasteiger partial charge on any atom is 0.417 e. The van der Waals surface area contributed by atoms with Crippen molar-refractivity contribution in [3.8, 4) is 6.07 Å². The van der Waals surface area contributed by atoms with Gasteiger partial charge in [0.2, 0.25) is 0 Å². The van der Waals surface area contributed by atoms with Gasteiger partial charge in [0.05, 0.1) is 24.2 Å². The number of rotatable bonds is 4. The Morgan fingerprint density at radius 3 is 2.55 bits per heavy atom. The molecule has 1 aromatic rings. The van der Waals surface area contributed by atoms with Crippen LogP contribution in [0.2, 0.25) is 0 Å². The number of carbonyl (C=O) groups excluding carboxylic acids is 1. The Hall–Kier alpha value is -1.55. The summed E-state index contributed by atoms with van der Waals surface area (Å²) >= 11 is 3.13. The van der Waals surface area contributed by atoms with Crippen molar-refractivity contribution in [2.45, 2.75) is 24.9 Å². The number of carbonyl (C=O) groups is 1. The molecule has 3 nitrogen and oxygen atoms in total. The number of hydrogen-bond donors (Lipinski definition) is 0. The largest absolute Gasteiger partial charge is 0.466 e. The molecular formula is C13H11BrF3NO2. The van der Waals surface area contributed by atoms with Crippen molar-refractivity contribution >= 4 is 21.9 Å². The molecule has 108 valence electrons. The Bertz CT molecular complexity index is 550. The van der Waals surface area contributed by atoms with E-state index in [4.69, 9.17) is 10.00 Å². The van der Waals surface area contributed by atoms with E-state index in [1.165, 1.54) is 6.07 Å². The fourth-order valence-corrected chi connectivity index (χ4v) is 2.26. The van der Waals surface area contributed by atoms with Crippen LogP contribution in [-0.2, 0) is 27.5 Å². The number of halogens is 4. The molecule has 0 aromatic heterocycles. The van der Waals surface area contributed by atoms with E-state index in [2.05, 4.69) is 15.9 Å². The number of hydrogen-bond acceptors (Lipinski definition) is 3. The molecule has 0 heterocycles. The summed E-state index contributed by atoms with van der Waals surface area (Å²) < 4.78 is 43.3. The number of alkyl halides is 4. The van der Waals surface area contributed by atoms with Crippen LogP contribution in [-0.4, -0.2) is 12.6 Å². The molecule has 0 aliphatic carbocycles. The van der Waals surface area contributed by atoms with Crippen LogP contribution in [0.3, 0.4) is 0 Å². The van der Waals surface area contributed by atoms with Gasteiger partial charge >= 0.3 is 12.1 Å². The first-order valence-electron chi connectivity index (χ1n) is 5.68. The van der Waals surface area contributed by atoms with Gasteiger partial charge in [-0.25, -0.2) is 0 Å². The highest BCUT2D eigenvalue weighted by Gasteiger charge is 2.35. The second-order valence-corrected chi connectivity index (χ2v) is 4.41. The Balaban J connectivity index is 3.38. The van der Waals surface area contributed by atoms with E-state index in [1.54, 1.807) is 13.0 Å². The van der Waals surface area contributed by atoms with Gasteiger partial charge in [0.25, 0.3) is 0 Å². The van der Waals surface area contributed by atoms with Crippen LogP contribution in [0.4, 0.5) is 13.2 Å². The lowest BCUT2D eigenvalue weighted by molar-refractivity contribution is -0.142. The summed E-state index contributed by atoms with van der Waals surface area (Å²) in [6, 6.07) is 3.65. The molecule has 0 spiro atoms. The third kappa shape index (κ3) is 3.73. The van der Waals surface area contributed by atoms with Crippen LogP contribution in [0, 0.1) is 11.3 Å². The van der Waals surface area contributed by atoms with E-state index in [1.807, 2.05) is 0 Å². The number of nitriles is 1. The van der Waals surface area contributed by atoms with Gasteiger partial charge in [0, 0.05) is 5.33 Å². The van der Waals surface area contributed by atoms with Gasteiger partial charge in [0.15, 0.2) is 0 Å². The zero-order valence-electron chi connectivity index (χ0n) is 10.6. The van der Waals surface area contributed by atoms with Gasteiger partial charge in [-0.1, -0.05) is 22.0 Å². The fraction of sp³-hybridized carbons (Fsp3) is 0.385. The van der Waals surface area contributed by atoms with Gasteiger partial charge in [-0.2, -0.15) is 18.4 Å². The van der Waals surface area contributed by atoms with Gasteiger partial charge in [-0.15, -0.1) is 0 Å². The monoisotopic (exact) mass is 349 g/mol. The molecule has 1 rings (SSSR count). The second-order valence-electron chi connectivity index (χ2n) is 3.85. The molecule has 0 radical (unpaired) electrons. The topological polar surface area (TPSA) is 50.1 Å². The highest BCUT2D eigenvalue weighted by Crippen LogP contribution is 2.35. The fourth-order valence-electron chi connectivity index (χ4n) is 1.74. The van der Waals surface area contributed by atoms with Gasteiger partial charge < -0.3 is 4.74 Å². The average molecular weight is 350 g/mol. The summed E-state index contributed by atoms with van der Waals surface area (Å²) in [7, 11) is 0. The molecule has 0 N–H and O–H groups in total. The van der Waals surface area contributed by atoms with Crippen molar-refractivity contribution in [1.29, 1.82) is 5.26 Å². The van der Waals surface area contributed by atoms with E-state index < -0.39 is 23.3 Å². The van der Waals surface area contributed by atoms with Crippen LogP contribution < -0.4 is 0 Å². The zero-order valence-corrected chi connectivity index (χ0v) is 12.1. The molecule has 7 heteroatoms. The molecule has 20 heavy (non-hydrogen) atoms. The summed E-state index contributed by atoms with van der Waals surface area (Å²) in [5.74, 6) is -0.662. The lowest BCUT2D eigenvalue weighted by atomic mass is 9.95. The number of esters is 1. The summed E-state index contributed by atoms with van der Waals surface area (Å²) in [6.45, 7) is 1.73. The summed E-state index contributed by atoms with van der Waals surface area (Å²) in [4.78, 5) is 11.5. The lowest BCUT2D eigenvalue weighted by Gasteiger charge is -2.15. The highest BCUT2D eigenvalue weighted by molar-refractivity contribution is 9.08. The molecular weight excluding hydrogens is 339 g/mol. The second kappa shape index (κ2) is 6.75. The van der Waals surface area contributed by atoms with E-state index in [0.717, 1.165) is 6.07 Å². The van der Waals surface area contributed by atoms with E-state index in [0.29, 0.717) is 5.56 Å². The molecule has 0 saturated carbocycles. The minimum atomic E-state index is -4.64. The first kappa shape index (κ1) is 16.5. The smallest absolute Gasteiger partial charge is 0.417 e. The molecule has 0 atom stereocenters. The van der Waals surface area contributed by atoms with Crippen molar-refractivity contribution < 1.29 is 22.7 Å². The van der Waals surface area contributed by atoms with Crippen LogP contribution in [0.15, 0.2) is 12.1 Å². The lowest BCUT2D eigenvalue weighted by Crippen LogP contribution is -2.15. The average Bonchev–Trinajstić information content (AvgIpc) is 2.37. The van der Waals surface area contributed by atoms with E-state index in [-0.39, 0.29) is 23.9 Å². The van der Waals surface area contributed by atoms with Crippen molar-refractivity contribution in [2.24, 2.45) is 0 Å². The maximum atomic E-state index is 12.9. The van der Waals surface area contributed by atoms with Crippen LogP contribution in [0.25, 0.3) is 0 Å². The minimum absolute atomic E-state index is 0.0534. The van der Waals surface area contributed by atoms with Gasteiger partial charge in [-0.05, 0) is 24.1 Å². The predicted octanol–water partition coefficient (Wildman–Crippen LogP) is 3.58. The van der Waals surface area contributed by atoms with Gasteiger partial charge in [0.1, 0.15) is 6.07 Å². The quantitative estimate of drug-likeness (QED) is 0.616. The number of benzene rings is 1. The van der Waals surface area contributed by atoms with E-state index in [9.17, 15) is 18.0 Å². The predicted molar refractivity (Wildman–Crippen MR) is 69.1 cm³/mol. The SMILES string of the molecule is CCOC(=O)Cc1c(CBr)ccc(C(F)(F)F)c1C#N. The Labute approximate surface area is 122 Å². The molecule has 0 amide bonds. The third-order valence-corrected chi connectivity index (χ3v) is 3.20. The number of nitrogens with zero attached hydrogens (tertiary/aromatic N) is 1. The van der Waals surface area contributed by atoms with E-state index >= 15 is 0 Å². The molecule has 1 aromatic carbocycles. The minimum Gasteiger partial charge on any atom is -0.466 e. The van der Waals surface area contributed by atoms with Crippen molar-refractivity contribution in [2.75, 3.05) is 6.61 Å². The summed E-state index contributed by atoms with van der Waals surface area (Å²) in [5.41, 5.74) is -1.05. The Kier molecular flexibility index (Phi) is 5.57. The molecule has 0 aliphatic heterocycles. The van der Waals surface area contributed by atoms with Crippen LogP contribution in [0.1, 0.15) is 29.2 Å². The molecule has 0 saturated heterocycles. The van der Waals surface area contributed by atoms with Crippen LogP contribution >= 0.6 is 15.9 Å². The van der Waals surface area contributed by atoms with Crippen molar-refractivity contribution in [3.05, 3.63) is 34.4 Å². The summed E-state index contributed by atoms with van der Waals surface area (Å²) in [5, 5.41) is 9.25. The first-order valence-corrected chi connectivity index (χ1v) is 6.80. The zero-order chi connectivity index (χ0) is 15.3. The first-order chi connectivity index (χ1) is 9.35. The van der Waals surface area contributed by atoms with Gasteiger partial charge in [-0.3, -0.25) is 4.79 Å². The van der Waals surface area contributed by atoms with Crippen molar-refractivity contribution in [3.63, 3.8) is 0 Å². The normalized spacial score (nSPS) is 11.0. The molecule has 0 unspecified atom stereocenters. The molecule has 0 bridgehead atoms. The van der Waals surface area contributed by atoms with Crippen LogP contribution in [0.5, 0.6) is 0 Å². The highest BCUT2D eigenvalue weighted by atomic mass is 79.9. The molecule has 0 fully saturated rings. The standard InChI is InChI=1S/C13H11BrF3NO2/c1-2-20-12(19)5-9-8(6-14)3-4-11(10(9)7-18)13(15,16)17/h3-4H,2,5-6H2,1H3. The molecule has 0 aliphatic rings. The third-order valence-electron chi connectivity index (χ3n) is 2.60.